The number of amides is 1. The quantitative estimate of drug-likeness (QED) is 0.695. The van der Waals surface area contributed by atoms with E-state index in [1.807, 2.05) is 19.1 Å². The lowest BCUT2D eigenvalue weighted by atomic mass is 9.94. The number of sulfonamides is 1. The number of aryl methyl sites for hydroxylation is 1. The third-order valence-electron chi connectivity index (χ3n) is 5.40. The number of methoxy groups -OCH3 is 1. The highest BCUT2D eigenvalue weighted by Crippen LogP contribution is 2.32. The van der Waals surface area contributed by atoms with Crippen molar-refractivity contribution in [2.45, 2.75) is 38.6 Å². The molecule has 0 radical (unpaired) electrons. The van der Waals surface area contributed by atoms with Crippen LogP contribution < -0.4 is 4.74 Å². The molecular weight excluding hydrogens is 404 g/mol. The van der Waals surface area contributed by atoms with E-state index in [1.54, 1.807) is 19.2 Å². The number of ether oxygens (including phenoxy) is 1. The van der Waals surface area contributed by atoms with Gasteiger partial charge in [-0.2, -0.15) is 4.31 Å². The maximum atomic E-state index is 13.4. The second kappa shape index (κ2) is 8.81. The van der Waals surface area contributed by atoms with E-state index < -0.39 is 10.0 Å². The monoisotopic (exact) mass is 434 g/mol. The second-order valence-electron chi connectivity index (χ2n) is 8.31. The van der Waals surface area contributed by atoms with Gasteiger partial charge in [-0.05, 0) is 55.5 Å². The lowest BCUT2D eigenvalue weighted by molar-refractivity contribution is 0.0774. The minimum Gasteiger partial charge on any atom is -0.495 e. The van der Waals surface area contributed by atoms with Crippen LogP contribution >= 0.6 is 0 Å². The molecule has 7 nitrogen and oxygen atoms in total. The summed E-state index contributed by atoms with van der Waals surface area (Å²) in [4.78, 5) is 14.5. The Balaban J connectivity index is 1.90. The topological polar surface area (TPSA) is 80.1 Å². The van der Waals surface area contributed by atoms with Crippen LogP contribution in [0.1, 0.15) is 42.1 Å². The van der Waals surface area contributed by atoms with E-state index in [1.165, 1.54) is 22.4 Å². The summed E-state index contributed by atoms with van der Waals surface area (Å²) in [6.07, 6.45) is 0.999. The number of hydrogen-bond acceptors (Lipinski definition) is 5. The normalized spacial score (nSPS) is 20.2. The first kappa shape index (κ1) is 22.4. The Labute approximate surface area is 178 Å². The fourth-order valence-electron chi connectivity index (χ4n) is 4.05. The minimum atomic E-state index is -3.79. The zero-order valence-corrected chi connectivity index (χ0v) is 19.0. The lowest BCUT2D eigenvalue weighted by Crippen LogP contribution is -2.42. The van der Waals surface area contributed by atoms with E-state index in [0.717, 1.165) is 12.2 Å². The fraction of sp³-hybridized carbons (Fsp3) is 0.500. The SMILES string of the molecule is COc1ccc(C(=O)N(C)Cc2ccc(C)o2)cc1S(=O)(=O)N1CC(C)CC(C)C1. The molecule has 0 aliphatic carbocycles. The number of furan rings is 1. The first-order valence-corrected chi connectivity index (χ1v) is 11.5. The van der Waals surface area contributed by atoms with Crippen LogP contribution in [-0.2, 0) is 16.6 Å². The van der Waals surface area contributed by atoms with Gasteiger partial charge in [0.2, 0.25) is 10.0 Å². The molecule has 1 saturated heterocycles. The van der Waals surface area contributed by atoms with Crippen molar-refractivity contribution in [3.63, 3.8) is 0 Å². The number of benzene rings is 1. The summed E-state index contributed by atoms with van der Waals surface area (Å²) in [6, 6.07) is 8.21. The standard InChI is InChI=1S/C22H30N2O5S/c1-15-10-16(2)13-24(12-15)30(26,27)21-11-18(7-9-20(21)28-5)22(25)23(4)14-19-8-6-17(3)29-19/h6-9,11,15-16H,10,12-14H2,1-5H3. The molecule has 1 aromatic heterocycles. The molecule has 0 bridgehead atoms. The molecule has 1 aliphatic heterocycles. The maximum absolute atomic E-state index is 13.4. The lowest BCUT2D eigenvalue weighted by Gasteiger charge is -2.34. The highest BCUT2D eigenvalue weighted by molar-refractivity contribution is 7.89. The van der Waals surface area contributed by atoms with Crippen LogP contribution in [0.4, 0.5) is 0 Å². The summed E-state index contributed by atoms with van der Waals surface area (Å²) in [5.41, 5.74) is 0.290. The van der Waals surface area contributed by atoms with E-state index in [-0.39, 0.29) is 28.4 Å². The van der Waals surface area contributed by atoms with Crippen LogP contribution in [0.3, 0.4) is 0 Å². The Morgan fingerprint density at radius 3 is 2.43 bits per heavy atom. The molecule has 2 unspecified atom stereocenters. The molecule has 0 spiro atoms. The van der Waals surface area contributed by atoms with Crippen molar-refractivity contribution in [2.24, 2.45) is 11.8 Å². The van der Waals surface area contributed by atoms with Gasteiger partial charge in [0.15, 0.2) is 0 Å². The Kier molecular flexibility index (Phi) is 6.57. The van der Waals surface area contributed by atoms with E-state index in [4.69, 9.17) is 9.15 Å². The second-order valence-corrected chi connectivity index (χ2v) is 10.2. The zero-order valence-electron chi connectivity index (χ0n) is 18.2. The van der Waals surface area contributed by atoms with Gasteiger partial charge >= 0.3 is 0 Å². The maximum Gasteiger partial charge on any atom is 0.254 e. The van der Waals surface area contributed by atoms with E-state index >= 15 is 0 Å². The summed E-state index contributed by atoms with van der Waals surface area (Å²) in [7, 11) is -0.696. The summed E-state index contributed by atoms with van der Waals surface area (Å²) in [5, 5.41) is 0. The molecule has 2 aromatic rings. The molecule has 164 valence electrons. The first-order valence-electron chi connectivity index (χ1n) is 10.1. The average molecular weight is 435 g/mol. The van der Waals surface area contributed by atoms with Gasteiger partial charge in [-0.25, -0.2) is 8.42 Å². The molecule has 1 aromatic carbocycles. The van der Waals surface area contributed by atoms with Gasteiger partial charge in [0, 0.05) is 25.7 Å². The van der Waals surface area contributed by atoms with Crippen molar-refractivity contribution in [3.05, 3.63) is 47.4 Å². The Bertz CT molecular complexity index is 1000. The molecule has 1 aliphatic rings. The molecule has 0 saturated carbocycles. The number of rotatable bonds is 6. The van der Waals surface area contributed by atoms with Crippen LogP contribution in [-0.4, -0.2) is 50.8 Å². The Morgan fingerprint density at radius 2 is 1.87 bits per heavy atom. The third-order valence-corrected chi connectivity index (χ3v) is 7.25. The van der Waals surface area contributed by atoms with Gasteiger partial charge in [0.05, 0.1) is 13.7 Å². The van der Waals surface area contributed by atoms with E-state index in [0.29, 0.717) is 31.0 Å². The van der Waals surface area contributed by atoms with Crippen molar-refractivity contribution < 1.29 is 22.4 Å². The van der Waals surface area contributed by atoms with E-state index in [9.17, 15) is 13.2 Å². The molecule has 2 atom stereocenters. The minimum absolute atomic E-state index is 0.0272. The molecule has 1 amide bonds. The largest absolute Gasteiger partial charge is 0.495 e. The number of piperidine rings is 1. The summed E-state index contributed by atoms with van der Waals surface area (Å²) in [5.74, 6) is 1.95. The van der Waals surface area contributed by atoms with Crippen molar-refractivity contribution in [1.29, 1.82) is 0 Å². The molecule has 30 heavy (non-hydrogen) atoms. The van der Waals surface area contributed by atoms with Gasteiger partial charge in [0.25, 0.3) is 5.91 Å². The van der Waals surface area contributed by atoms with Crippen LogP contribution in [0.2, 0.25) is 0 Å². The first-order chi connectivity index (χ1) is 14.1. The summed E-state index contributed by atoms with van der Waals surface area (Å²) < 4.78 is 39.2. The molecule has 3 rings (SSSR count). The van der Waals surface area contributed by atoms with Crippen LogP contribution in [0.25, 0.3) is 0 Å². The number of nitrogens with zero attached hydrogens (tertiary/aromatic N) is 2. The molecule has 1 fully saturated rings. The van der Waals surface area contributed by atoms with Crippen molar-refractivity contribution in [1.82, 2.24) is 9.21 Å². The number of carbonyl (C=O) groups is 1. The average Bonchev–Trinajstić information content (AvgIpc) is 3.10. The number of carbonyl (C=O) groups excluding carboxylic acids is 1. The van der Waals surface area contributed by atoms with E-state index in [2.05, 4.69) is 13.8 Å². The van der Waals surface area contributed by atoms with Gasteiger partial charge in [-0.15, -0.1) is 0 Å². The molecule has 2 heterocycles. The smallest absolute Gasteiger partial charge is 0.254 e. The van der Waals surface area contributed by atoms with Gasteiger partial charge < -0.3 is 14.1 Å². The predicted molar refractivity (Wildman–Crippen MR) is 114 cm³/mol. The van der Waals surface area contributed by atoms with Crippen molar-refractivity contribution in [3.8, 4) is 5.75 Å². The zero-order chi connectivity index (χ0) is 22.1. The Hall–Kier alpha value is -2.32. The van der Waals surface area contributed by atoms with Crippen LogP contribution in [0.15, 0.2) is 39.6 Å². The Morgan fingerprint density at radius 1 is 1.20 bits per heavy atom. The fourth-order valence-corrected chi connectivity index (χ4v) is 5.91. The molecular formula is C22H30N2O5S. The van der Waals surface area contributed by atoms with Crippen molar-refractivity contribution in [2.75, 3.05) is 27.2 Å². The number of hydrogen-bond donors (Lipinski definition) is 0. The van der Waals surface area contributed by atoms with Crippen LogP contribution in [0, 0.1) is 18.8 Å². The summed E-state index contributed by atoms with van der Waals surface area (Å²) >= 11 is 0. The van der Waals surface area contributed by atoms with Gasteiger partial charge in [0.1, 0.15) is 22.2 Å². The molecule has 0 N–H and O–H groups in total. The van der Waals surface area contributed by atoms with Gasteiger partial charge in [-0.3, -0.25) is 4.79 Å². The third kappa shape index (κ3) is 4.70. The van der Waals surface area contributed by atoms with Crippen LogP contribution in [0.5, 0.6) is 5.75 Å². The summed E-state index contributed by atoms with van der Waals surface area (Å²) in [6.45, 7) is 7.18. The predicted octanol–water partition coefficient (Wildman–Crippen LogP) is 3.54. The highest BCUT2D eigenvalue weighted by atomic mass is 32.2. The van der Waals surface area contributed by atoms with Gasteiger partial charge in [-0.1, -0.05) is 13.8 Å². The highest BCUT2D eigenvalue weighted by Gasteiger charge is 2.34. The molecule has 8 heteroatoms. The van der Waals surface area contributed by atoms with Crippen molar-refractivity contribution >= 4 is 15.9 Å².